The van der Waals surface area contributed by atoms with E-state index in [0.717, 1.165) is 38.5 Å². The molecule has 0 aromatic heterocycles. The zero-order valence-corrected chi connectivity index (χ0v) is 10.7. The molecule has 4 nitrogen and oxygen atoms in total. The molecule has 98 valence electrons. The fourth-order valence-corrected chi connectivity index (χ4v) is 2.52. The van der Waals surface area contributed by atoms with Crippen LogP contribution in [0.4, 0.5) is 0 Å². The largest absolute Gasteiger partial charge is 0.353 e. The van der Waals surface area contributed by atoms with Crippen LogP contribution in [0.15, 0.2) is 0 Å². The molecule has 0 spiro atoms. The van der Waals surface area contributed by atoms with Gasteiger partial charge in [0, 0.05) is 19.0 Å². The molecule has 1 amide bonds. The standard InChI is InChI=1S/C13H25N3O/c14-7-3-11-4-8-16(9-5-11)10-6-13(17)15-12-1-2-12/h11-12H,1-10,14H2,(H,15,17). The first-order valence-corrected chi connectivity index (χ1v) is 6.99. The summed E-state index contributed by atoms with van der Waals surface area (Å²) in [5.74, 6) is 1.05. The third-order valence-corrected chi connectivity index (χ3v) is 3.88. The summed E-state index contributed by atoms with van der Waals surface area (Å²) in [6, 6.07) is 0.498. The SMILES string of the molecule is NCCC1CCN(CCC(=O)NC2CC2)CC1. The van der Waals surface area contributed by atoms with Gasteiger partial charge in [-0.1, -0.05) is 0 Å². The lowest BCUT2D eigenvalue weighted by molar-refractivity contribution is -0.121. The molecule has 1 aliphatic heterocycles. The minimum absolute atomic E-state index is 0.233. The van der Waals surface area contributed by atoms with E-state index < -0.39 is 0 Å². The first-order valence-electron chi connectivity index (χ1n) is 6.99. The summed E-state index contributed by atoms with van der Waals surface area (Å²) in [6.07, 6.45) is 6.68. The van der Waals surface area contributed by atoms with Crippen molar-refractivity contribution in [2.75, 3.05) is 26.2 Å². The Bertz CT molecular complexity index is 245. The molecule has 2 rings (SSSR count). The molecule has 0 atom stereocenters. The first-order chi connectivity index (χ1) is 8.28. The Balaban J connectivity index is 1.55. The van der Waals surface area contributed by atoms with Crippen LogP contribution in [0.25, 0.3) is 0 Å². The number of carbonyl (C=O) groups excluding carboxylic acids is 1. The van der Waals surface area contributed by atoms with Crippen molar-refractivity contribution in [3.8, 4) is 0 Å². The lowest BCUT2D eigenvalue weighted by Crippen LogP contribution is -2.37. The first kappa shape index (κ1) is 12.8. The summed E-state index contributed by atoms with van der Waals surface area (Å²) >= 11 is 0. The summed E-state index contributed by atoms with van der Waals surface area (Å²) in [5, 5.41) is 3.04. The Morgan fingerprint density at radius 2 is 1.94 bits per heavy atom. The van der Waals surface area contributed by atoms with Crippen molar-refractivity contribution >= 4 is 5.91 Å². The monoisotopic (exact) mass is 239 g/mol. The molecule has 2 aliphatic rings. The van der Waals surface area contributed by atoms with Crippen LogP contribution in [0.2, 0.25) is 0 Å². The Hall–Kier alpha value is -0.610. The maximum Gasteiger partial charge on any atom is 0.221 e. The van der Waals surface area contributed by atoms with Crippen molar-refractivity contribution in [3.63, 3.8) is 0 Å². The van der Waals surface area contributed by atoms with Gasteiger partial charge in [0.05, 0.1) is 0 Å². The Kier molecular flexibility index (Phi) is 4.80. The number of carbonyl (C=O) groups is 1. The van der Waals surface area contributed by atoms with Gasteiger partial charge in [-0.3, -0.25) is 4.79 Å². The van der Waals surface area contributed by atoms with E-state index in [1.54, 1.807) is 0 Å². The molecule has 2 fully saturated rings. The van der Waals surface area contributed by atoms with E-state index in [0.29, 0.717) is 12.5 Å². The zero-order valence-electron chi connectivity index (χ0n) is 10.7. The van der Waals surface area contributed by atoms with Gasteiger partial charge in [-0.2, -0.15) is 0 Å². The molecule has 0 aromatic rings. The van der Waals surface area contributed by atoms with Crippen LogP contribution in [0.5, 0.6) is 0 Å². The van der Waals surface area contributed by atoms with Gasteiger partial charge in [0.1, 0.15) is 0 Å². The second-order valence-corrected chi connectivity index (χ2v) is 5.45. The summed E-state index contributed by atoms with van der Waals surface area (Å²) in [6.45, 7) is 4.02. The van der Waals surface area contributed by atoms with Crippen molar-refractivity contribution in [2.24, 2.45) is 11.7 Å². The van der Waals surface area contributed by atoms with E-state index in [-0.39, 0.29) is 5.91 Å². The highest BCUT2D eigenvalue weighted by Crippen LogP contribution is 2.20. The molecule has 0 radical (unpaired) electrons. The minimum atomic E-state index is 0.233. The number of nitrogens with two attached hydrogens (primary N) is 1. The average molecular weight is 239 g/mol. The number of nitrogens with zero attached hydrogens (tertiary/aromatic N) is 1. The summed E-state index contributed by atoms with van der Waals surface area (Å²) in [4.78, 5) is 14.0. The maximum atomic E-state index is 11.5. The quantitative estimate of drug-likeness (QED) is 0.718. The topological polar surface area (TPSA) is 58.4 Å². The highest BCUT2D eigenvalue weighted by molar-refractivity contribution is 5.76. The van der Waals surface area contributed by atoms with E-state index in [1.807, 2.05) is 0 Å². The number of rotatable bonds is 6. The predicted octanol–water partition coefficient (Wildman–Crippen LogP) is 0.716. The zero-order chi connectivity index (χ0) is 12.1. The van der Waals surface area contributed by atoms with Crippen LogP contribution in [-0.2, 0) is 4.79 Å². The lowest BCUT2D eigenvalue weighted by Gasteiger charge is -2.31. The number of amides is 1. The van der Waals surface area contributed by atoms with Crippen molar-refractivity contribution in [2.45, 2.75) is 44.6 Å². The molecule has 3 N–H and O–H groups in total. The van der Waals surface area contributed by atoms with Crippen LogP contribution < -0.4 is 11.1 Å². The molecule has 0 bridgehead atoms. The highest BCUT2D eigenvalue weighted by atomic mass is 16.1. The van der Waals surface area contributed by atoms with Crippen LogP contribution in [-0.4, -0.2) is 43.0 Å². The van der Waals surface area contributed by atoms with Crippen LogP contribution in [0, 0.1) is 5.92 Å². The van der Waals surface area contributed by atoms with Crippen molar-refractivity contribution < 1.29 is 4.79 Å². The molecule has 1 saturated heterocycles. The number of piperidine rings is 1. The fourth-order valence-electron chi connectivity index (χ4n) is 2.52. The number of nitrogens with one attached hydrogen (secondary N) is 1. The van der Waals surface area contributed by atoms with Crippen LogP contribution in [0.1, 0.15) is 38.5 Å². The van der Waals surface area contributed by atoms with Gasteiger partial charge in [-0.15, -0.1) is 0 Å². The molecular formula is C13H25N3O. The van der Waals surface area contributed by atoms with Gasteiger partial charge in [0.15, 0.2) is 0 Å². The minimum Gasteiger partial charge on any atom is -0.353 e. The summed E-state index contributed by atoms with van der Waals surface area (Å²) in [5.41, 5.74) is 5.58. The molecule has 17 heavy (non-hydrogen) atoms. The summed E-state index contributed by atoms with van der Waals surface area (Å²) in [7, 11) is 0. The Morgan fingerprint density at radius 1 is 1.24 bits per heavy atom. The third-order valence-electron chi connectivity index (χ3n) is 3.88. The predicted molar refractivity (Wildman–Crippen MR) is 68.6 cm³/mol. The molecule has 0 unspecified atom stereocenters. The highest BCUT2D eigenvalue weighted by Gasteiger charge is 2.24. The van der Waals surface area contributed by atoms with E-state index in [4.69, 9.17) is 5.73 Å². The maximum absolute atomic E-state index is 11.5. The van der Waals surface area contributed by atoms with Gasteiger partial charge in [-0.05, 0) is 57.7 Å². The molecule has 1 heterocycles. The molecule has 1 aliphatic carbocycles. The summed E-state index contributed by atoms with van der Waals surface area (Å²) < 4.78 is 0. The Morgan fingerprint density at radius 3 is 2.53 bits per heavy atom. The van der Waals surface area contributed by atoms with Crippen LogP contribution >= 0.6 is 0 Å². The fraction of sp³-hybridized carbons (Fsp3) is 0.923. The number of hydrogen-bond acceptors (Lipinski definition) is 3. The van der Waals surface area contributed by atoms with Gasteiger partial charge >= 0.3 is 0 Å². The van der Waals surface area contributed by atoms with E-state index >= 15 is 0 Å². The van der Waals surface area contributed by atoms with Gasteiger partial charge in [0.25, 0.3) is 0 Å². The smallest absolute Gasteiger partial charge is 0.221 e. The second kappa shape index (κ2) is 6.36. The third kappa shape index (κ3) is 4.64. The second-order valence-electron chi connectivity index (χ2n) is 5.45. The van der Waals surface area contributed by atoms with Crippen molar-refractivity contribution in [1.82, 2.24) is 10.2 Å². The molecule has 4 heteroatoms. The lowest BCUT2D eigenvalue weighted by atomic mass is 9.93. The van der Waals surface area contributed by atoms with E-state index in [9.17, 15) is 4.79 Å². The van der Waals surface area contributed by atoms with E-state index in [1.165, 1.54) is 25.7 Å². The average Bonchev–Trinajstić information content (AvgIpc) is 3.12. The van der Waals surface area contributed by atoms with E-state index in [2.05, 4.69) is 10.2 Å². The Labute approximate surface area is 104 Å². The van der Waals surface area contributed by atoms with Crippen molar-refractivity contribution in [3.05, 3.63) is 0 Å². The molecular weight excluding hydrogens is 214 g/mol. The van der Waals surface area contributed by atoms with Gasteiger partial charge in [0.2, 0.25) is 5.91 Å². The van der Waals surface area contributed by atoms with Gasteiger partial charge < -0.3 is 16.0 Å². The normalized spacial score (nSPS) is 22.6. The number of likely N-dealkylation sites (tertiary alicyclic amines) is 1. The van der Waals surface area contributed by atoms with Gasteiger partial charge in [-0.25, -0.2) is 0 Å². The number of hydrogen-bond donors (Lipinski definition) is 2. The van der Waals surface area contributed by atoms with Crippen LogP contribution in [0.3, 0.4) is 0 Å². The molecule has 0 aromatic carbocycles. The van der Waals surface area contributed by atoms with Crippen molar-refractivity contribution in [1.29, 1.82) is 0 Å². The molecule has 1 saturated carbocycles.